The Bertz CT molecular complexity index is 649. The van der Waals surface area contributed by atoms with Gasteiger partial charge >= 0.3 is 0 Å². The van der Waals surface area contributed by atoms with E-state index in [4.69, 9.17) is 4.74 Å². The monoisotopic (exact) mass is 286 g/mol. The quantitative estimate of drug-likeness (QED) is 0.694. The number of rotatable bonds is 5. The molecule has 2 aromatic carbocycles. The number of Topliss-reactive ketones (excluding diaryl/α,β-unsaturated/α-hetero) is 1. The van der Waals surface area contributed by atoms with Crippen LogP contribution in [0.5, 0.6) is 11.5 Å². The van der Waals surface area contributed by atoms with E-state index in [0.717, 1.165) is 12.0 Å². The number of carbonyl (C=O) groups is 1. The molecule has 0 radical (unpaired) electrons. The Kier molecular flexibility index (Phi) is 4.73. The van der Waals surface area contributed by atoms with E-state index in [1.54, 1.807) is 12.1 Å². The first-order valence-corrected chi connectivity index (χ1v) is 7.10. The number of benzene rings is 2. The molecule has 1 unspecified atom stereocenters. The zero-order valence-corrected chi connectivity index (χ0v) is 12.5. The molecule has 0 amide bonds. The average molecular weight is 286 g/mol. The highest BCUT2D eigenvalue weighted by molar-refractivity contribution is 5.96. The average Bonchev–Trinajstić information content (AvgIpc) is 2.48. The third-order valence-corrected chi connectivity index (χ3v) is 3.62. The maximum atomic E-state index is 14.0. The lowest BCUT2D eigenvalue weighted by molar-refractivity contribution is 0.101. The lowest BCUT2D eigenvalue weighted by Gasteiger charge is -2.17. The highest BCUT2D eigenvalue weighted by Gasteiger charge is 2.17. The van der Waals surface area contributed by atoms with Gasteiger partial charge in [0.05, 0.1) is 5.56 Å². The summed E-state index contributed by atoms with van der Waals surface area (Å²) in [4.78, 5) is 11.6. The van der Waals surface area contributed by atoms with Gasteiger partial charge in [-0.3, -0.25) is 4.79 Å². The van der Waals surface area contributed by atoms with Crippen LogP contribution in [0.25, 0.3) is 0 Å². The molecule has 0 fully saturated rings. The SMILES string of the molecule is CCC(C)c1ccccc1Oc1c(F)cccc1C(C)=O. The molecule has 2 nitrogen and oxygen atoms in total. The number of carbonyl (C=O) groups excluding carboxylic acids is 1. The molecule has 0 aliphatic rings. The van der Waals surface area contributed by atoms with Crippen LogP contribution in [0, 0.1) is 5.82 Å². The Hall–Kier alpha value is -2.16. The maximum absolute atomic E-state index is 14.0. The summed E-state index contributed by atoms with van der Waals surface area (Å²) in [5.74, 6) is 0.154. The van der Waals surface area contributed by atoms with E-state index in [9.17, 15) is 9.18 Å². The molecule has 21 heavy (non-hydrogen) atoms. The van der Waals surface area contributed by atoms with E-state index in [0.29, 0.717) is 11.7 Å². The van der Waals surface area contributed by atoms with Crippen molar-refractivity contribution in [2.45, 2.75) is 33.1 Å². The van der Waals surface area contributed by atoms with Crippen molar-refractivity contribution in [3.63, 3.8) is 0 Å². The standard InChI is InChI=1S/C18H19FO2/c1-4-12(2)14-8-5-6-11-17(14)21-18-15(13(3)20)9-7-10-16(18)19/h5-12H,4H2,1-3H3. The second kappa shape index (κ2) is 6.53. The molecule has 0 aliphatic carbocycles. The maximum Gasteiger partial charge on any atom is 0.173 e. The van der Waals surface area contributed by atoms with Gasteiger partial charge in [-0.15, -0.1) is 0 Å². The molecule has 110 valence electrons. The molecule has 2 rings (SSSR count). The van der Waals surface area contributed by atoms with Gasteiger partial charge in [0, 0.05) is 0 Å². The number of hydrogen-bond acceptors (Lipinski definition) is 2. The summed E-state index contributed by atoms with van der Waals surface area (Å²) in [6, 6.07) is 11.9. The van der Waals surface area contributed by atoms with Crippen molar-refractivity contribution in [3.8, 4) is 11.5 Å². The van der Waals surface area contributed by atoms with Gasteiger partial charge in [-0.2, -0.15) is 0 Å². The fourth-order valence-corrected chi connectivity index (χ4v) is 2.20. The van der Waals surface area contributed by atoms with Crippen LogP contribution < -0.4 is 4.74 Å². The minimum atomic E-state index is -0.526. The van der Waals surface area contributed by atoms with Crippen molar-refractivity contribution in [3.05, 3.63) is 59.4 Å². The molecule has 0 heterocycles. The van der Waals surface area contributed by atoms with Crippen LogP contribution in [-0.4, -0.2) is 5.78 Å². The first kappa shape index (κ1) is 15.2. The first-order valence-electron chi connectivity index (χ1n) is 7.10. The van der Waals surface area contributed by atoms with Gasteiger partial charge in [0.15, 0.2) is 17.3 Å². The zero-order valence-electron chi connectivity index (χ0n) is 12.5. The van der Waals surface area contributed by atoms with Crippen molar-refractivity contribution >= 4 is 5.78 Å². The third kappa shape index (κ3) is 3.30. The molecule has 3 heteroatoms. The fraction of sp³-hybridized carbons (Fsp3) is 0.278. The van der Waals surface area contributed by atoms with E-state index in [2.05, 4.69) is 13.8 Å². The van der Waals surface area contributed by atoms with Crippen LogP contribution in [-0.2, 0) is 0 Å². The second-order valence-electron chi connectivity index (χ2n) is 5.12. The summed E-state index contributed by atoms with van der Waals surface area (Å²) in [5.41, 5.74) is 1.27. The Morgan fingerprint density at radius 3 is 2.57 bits per heavy atom. The van der Waals surface area contributed by atoms with Crippen molar-refractivity contribution in [1.29, 1.82) is 0 Å². The van der Waals surface area contributed by atoms with Gasteiger partial charge < -0.3 is 4.74 Å². The van der Waals surface area contributed by atoms with Gasteiger partial charge in [-0.1, -0.05) is 38.1 Å². The van der Waals surface area contributed by atoms with Gasteiger partial charge in [0.1, 0.15) is 5.75 Å². The molecular weight excluding hydrogens is 267 g/mol. The molecule has 0 aromatic heterocycles. The molecule has 0 bridgehead atoms. The predicted molar refractivity (Wildman–Crippen MR) is 81.6 cm³/mol. The van der Waals surface area contributed by atoms with Gasteiger partial charge in [-0.05, 0) is 43.0 Å². The number of ketones is 1. The van der Waals surface area contributed by atoms with Crippen molar-refractivity contribution in [2.24, 2.45) is 0 Å². The van der Waals surface area contributed by atoms with Crippen LogP contribution >= 0.6 is 0 Å². The van der Waals surface area contributed by atoms with Gasteiger partial charge in [0.2, 0.25) is 0 Å². The molecule has 0 saturated carbocycles. The minimum absolute atomic E-state index is 0.000697. The third-order valence-electron chi connectivity index (χ3n) is 3.62. The van der Waals surface area contributed by atoms with Gasteiger partial charge in [0.25, 0.3) is 0 Å². The Balaban J connectivity index is 2.46. The fourth-order valence-electron chi connectivity index (χ4n) is 2.20. The highest BCUT2D eigenvalue weighted by atomic mass is 19.1. The number of para-hydroxylation sites is 2. The molecule has 1 atom stereocenters. The Labute approximate surface area is 124 Å². The summed E-state index contributed by atoms with van der Waals surface area (Å²) < 4.78 is 19.8. The lowest BCUT2D eigenvalue weighted by Crippen LogP contribution is -2.02. The largest absolute Gasteiger partial charge is 0.453 e. The van der Waals surface area contributed by atoms with Crippen LogP contribution in [0.3, 0.4) is 0 Å². The molecule has 0 aliphatic heterocycles. The van der Waals surface area contributed by atoms with Crippen LogP contribution in [0.1, 0.15) is 49.0 Å². The summed E-state index contributed by atoms with van der Waals surface area (Å²) in [5, 5.41) is 0. The highest BCUT2D eigenvalue weighted by Crippen LogP contribution is 2.34. The van der Waals surface area contributed by atoms with Crippen molar-refractivity contribution in [1.82, 2.24) is 0 Å². The normalized spacial score (nSPS) is 12.0. The minimum Gasteiger partial charge on any atom is -0.453 e. The van der Waals surface area contributed by atoms with E-state index < -0.39 is 5.82 Å². The van der Waals surface area contributed by atoms with Crippen LogP contribution in [0.15, 0.2) is 42.5 Å². The van der Waals surface area contributed by atoms with Crippen LogP contribution in [0.4, 0.5) is 4.39 Å². The zero-order chi connectivity index (χ0) is 15.4. The predicted octanol–water partition coefficient (Wildman–Crippen LogP) is 5.33. The molecule has 2 aromatic rings. The first-order chi connectivity index (χ1) is 10.0. The van der Waals surface area contributed by atoms with E-state index in [1.165, 1.54) is 19.1 Å². The van der Waals surface area contributed by atoms with E-state index >= 15 is 0 Å². The number of hydrogen-bond donors (Lipinski definition) is 0. The van der Waals surface area contributed by atoms with Crippen molar-refractivity contribution < 1.29 is 13.9 Å². The number of ether oxygens (including phenoxy) is 1. The Morgan fingerprint density at radius 1 is 1.19 bits per heavy atom. The summed E-state index contributed by atoms with van der Waals surface area (Å²) >= 11 is 0. The topological polar surface area (TPSA) is 26.3 Å². The van der Waals surface area contributed by atoms with Crippen LogP contribution in [0.2, 0.25) is 0 Å². The van der Waals surface area contributed by atoms with E-state index in [-0.39, 0.29) is 17.1 Å². The Morgan fingerprint density at radius 2 is 1.90 bits per heavy atom. The smallest absolute Gasteiger partial charge is 0.173 e. The van der Waals surface area contributed by atoms with Gasteiger partial charge in [-0.25, -0.2) is 4.39 Å². The summed E-state index contributed by atoms with van der Waals surface area (Å²) in [7, 11) is 0. The molecular formula is C18H19FO2. The summed E-state index contributed by atoms with van der Waals surface area (Å²) in [6.45, 7) is 5.59. The second-order valence-corrected chi connectivity index (χ2v) is 5.12. The van der Waals surface area contributed by atoms with Crippen molar-refractivity contribution in [2.75, 3.05) is 0 Å². The van der Waals surface area contributed by atoms with E-state index in [1.807, 2.05) is 18.2 Å². The number of halogens is 1. The molecule has 0 saturated heterocycles. The summed E-state index contributed by atoms with van der Waals surface area (Å²) in [6.07, 6.45) is 0.956. The molecule has 0 N–H and O–H groups in total. The molecule has 0 spiro atoms. The lowest BCUT2D eigenvalue weighted by atomic mass is 9.98.